The summed E-state index contributed by atoms with van der Waals surface area (Å²) in [5.41, 5.74) is 0.414. The standard InChI is InChI=1S/C12H14ClF2N/c13-7-11-2-1-5-16(11)8-9-6-10(14)3-4-12(9)15/h3-4,6,11H,1-2,5,7-8H2. The van der Waals surface area contributed by atoms with Crippen molar-refractivity contribution in [2.45, 2.75) is 25.4 Å². The Kier molecular flexibility index (Phi) is 3.77. The molecule has 0 saturated carbocycles. The fourth-order valence-electron chi connectivity index (χ4n) is 2.16. The molecule has 1 heterocycles. The maximum absolute atomic E-state index is 13.4. The van der Waals surface area contributed by atoms with E-state index in [1.807, 2.05) is 0 Å². The average Bonchev–Trinajstić information content (AvgIpc) is 2.71. The Bertz CT molecular complexity index is 370. The molecule has 1 atom stereocenters. The van der Waals surface area contributed by atoms with Crippen LogP contribution in [0.25, 0.3) is 0 Å². The van der Waals surface area contributed by atoms with E-state index >= 15 is 0 Å². The predicted molar refractivity (Wildman–Crippen MR) is 60.5 cm³/mol. The molecule has 0 amide bonds. The van der Waals surface area contributed by atoms with Gasteiger partial charge in [0.05, 0.1) is 0 Å². The first-order valence-electron chi connectivity index (χ1n) is 5.44. The summed E-state index contributed by atoms with van der Waals surface area (Å²) in [5, 5.41) is 0. The average molecular weight is 246 g/mol. The maximum Gasteiger partial charge on any atom is 0.127 e. The molecule has 1 aromatic rings. The molecule has 4 heteroatoms. The van der Waals surface area contributed by atoms with Gasteiger partial charge in [-0.3, -0.25) is 4.90 Å². The molecule has 0 bridgehead atoms. The summed E-state index contributed by atoms with van der Waals surface area (Å²) in [4.78, 5) is 2.12. The normalized spacial score (nSPS) is 21.6. The van der Waals surface area contributed by atoms with Crippen LogP contribution in [0, 0.1) is 11.6 Å². The van der Waals surface area contributed by atoms with Gasteiger partial charge in [-0.05, 0) is 37.6 Å². The monoisotopic (exact) mass is 245 g/mol. The Morgan fingerprint density at radius 1 is 1.38 bits per heavy atom. The van der Waals surface area contributed by atoms with Crippen LogP contribution in [0.1, 0.15) is 18.4 Å². The van der Waals surface area contributed by atoms with Crippen molar-refractivity contribution in [3.63, 3.8) is 0 Å². The molecule has 1 unspecified atom stereocenters. The zero-order valence-corrected chi connectivity index (χ0v) is 9.68. The van der Waals surface area contributed by atoms with Gasteiger partial charge < -0.3 is 0 Å². The molecule has 0 spiro atoms. The maximum atomic E-state index is 13.4. The van der Waals surface area contributed by atoms with Gasteiger partial charge in [-0.15, -0.1) is 11.6 Å². The molecule has 1 aliphatic heterocycles. The number of likely N-dealkylation sites (tertiary alicyclic amines) is 1. The van der Waals surface area contributed by atoms with Crippen LogP contribution < -0.4 is 0 Å². The summed E-state index contributed by atoms with van der Waals surface area (Å²) >= 11 is 5.83. The summed E-state index contributed by atoms with van der Waals surface area (Å²) in [7, 11) is 0. The first-order chi connectivity index (χ1) is 7.70. The van der Waals surface area contributed by atoms with Crippen LogP contribution in [0.2, 0.25) is 0 Å². The lowest BCUT2D eigenvalue weighted by Crippen LogP contribution is -2.30. The highest BCUT2D eigenvalue weighted by molar-refractivity contribution is 6.18. The van der Waals surface area contributed by atoms with E-state index in [9.17, 15) is 8.78 Å². The minimum Gasteiger partial charge on any atom is -0.295 e. The minimum atomic E-state index is -0.391. The summed E-state index contributed by atoms with van der Waals surface area (Å²) in [6.07, 6.45) is 2.12. The third kappa shape index (κ3) is 2.53. The van der Waals surface area contributed by atoms with Crippen molar-refractivity contribution in [3.8, 4) is 0 Å². The SMILES string of the molecule is Fc1ccc(F)c(CN2CCCC2CCl)c1. The molecular formula is C12H14ClF2N. The number of hydrogen-bond donors (Lipinski definition) is 0. The van der Waals surface area contributed by atoms with Gasteiger partial charge in [0, 0.05) is 24.0 Å². The first kappa shape index (κ1) is 11.8. The van der Waals surface area contributed by atoms with Crippen LogP contribution in [0.4, 0.5) is 8.78 Å². The fourth-order valence-corrected chi connectivity index (χ4v) is 2.51. The Hall–Kier alpha value is -0.670. The quantitative estimate of drug-likeness (QED) is 0.740. The Morgan fingerprint density at radius 2 is 2.19 bits per heavy atom. The second-order valence-corrected chi connectivity index (χ2v) is 4.47. The van der Waals surface area contributed by atoms with Crippen LogP contribution in [-0.2, 0) is 6.54 Å². The van der Waals surface area contributed by atoms with Gasteiger partial charge in [-0.2, -0.15) is 0 Å². The van der Waals surface area contributed by atoms with Gasteiger partial charge in [-0.25, -0.2) is 8.78 Å². The zero-order valence-electron chi connectivity index (χ0n) is 8.93. The van der Waals surface area contributed by atoms with Crippen LogP contribution in [0.3, 0.4) is 0 Å². The van der Waals surface area contributed by atoms with E-state index in [2.05, 4.69) is 4.90 Å². The van der Waals surface area contributed by atoms with Gasteiger partial charge in [0.25, 0.3) is 0 Å². The summed E-state index contributed by atoms with van der Waals surface area (Å²) in [6.45, 7) is 1.36. The molecule has 1 aliphatic rings. The molecule has 16 heavy (non-hydrogen) atoms. The molecule has 1 saturated heterocycles. The molecule has 1 nitrogen and oxygen atoms in total. The molecule has 88 valence electrons. The predicted octanol–water partition coefficient (Wildman–Crippen LogP) is 3.17. The molecule has 0 aromatic heterocycles. The topological polar surface area (TPSA) is 3.24 Å². The van der Waals surface area contributed by atoms with Crippen molar-refractivity contribution < 1.29 is 8.78 Å². The fraction of sp³-hybridized carbons (Fsp3) is 0.500. The lowest BCUT2D eigenvalue weighted by molar-refractivity contribution is 0.258. The second-order valence-electron chi connectivity index (χ2n) is 4.16. The van der Waals surface area contributed by atoms with Crippen molar-refractivity contribution in [2.24, 2.45) is 0 Å². The third-order valence-corrected chi connectivity index (χ3v) is 3.41. The summed E-state index contributed by atoms with van der Waals surface area (Å²) in [5.74, 6) is -0.184. The van der Waals surface area contributed by atoms with Gasteiger partial charge in [0.1, 0.15) is 11.6 Å². The van der Waals surface area contributed by atoms with E-state index in [-0.39, 0.29) is 5.82 Å². The zero-order chi connectivity index (χ0) is 11.5. The lowest BCUT2D eigenvalue weighted by Gasteiger charge is -2.22. The Morgan fingerprint density at radius 3 is 2.94 bits per heavy atom. The molecule has 0 aliphatic carbocycles. The highest BCUT2D eigenvalue weighted by Crippen LogP contribution is 2.22. The minimum absolute atomic E-state index is 0.296. The van der Waals surface area contributed by atoms with Gasteiger partial charge in [0.2, 0.25) is 0 Å². The van der Waals surface area contributed by atoms with Crippen molar-refractivity contribution >= 4 is 11.6 Å². The summed E-state index contributed by atoms with van der Waals surface area (Å²) < 4.78 is 26.4. The largest absolute Gasteiger partial charge is 0.295 e. The molecule has 0 N–H and O–H groups in total. The third-order valence-electron chi connectivity index (χ3n) is 3.06. The number of halogens is 3. The summed E-state index contributed by atoms with van der Waals surface area (Å²) in [6, 6.07) is 3.88. The van der Waals surface area contributed by atoms with Crippen molar-refractivity contribution in [1.29, 1.82) is 0 Å². The van der Waals surface area contributed by atoms with Gasteiger partial charge in [0.15, 0.2) is 0 Å². The number of benzene rings is 1. The highest BCUT2D eigenvalue weighted by atomic mass is 35.5. The molecular weight excluding hydrogens is 232 g/mol. The van der Waals surface area contributed by atoms with E-state index in [1.165, 1.54) is 12.1 Å². The van der Waals surface area contributed by atoms with Crippen molar-refractivity contribution in [3.05, 3.63) is 35.4 Å². The van der Waals surface area contributed by atoms with Crippen LogP contribution >= 0.6 is 11.6 Å². The smallest absolute Gasteiger partial charge is 0.127 e. The van der Waals surface area contributed by atoms with Crippen molar-refractivity contribution in [1.82, 2.24) is 4.90 Å². The van der Waals surface area contributed by atoms with Crippen LogP contribution in [-0.4, -0.2) is 23.4 Å². The molecule has 2 rings (SSSR count). The Balaban J connectivity index is 2.11. The van der Waals surface area contributed by atoms with Crippen LogP contribution in [0.15, 0.2) is 18.2 Å². The first-order valence-corrected chi connectivity index (χ1v) is 5.98. The van der Waals surface area contributed by atoms with E-state index in [4.69, 9.17) is 11.6 Å². The van der Waals surface area contributed by atoms with E-state index in [0.717, 1.165) is 25.5 Å². The number of nitrogens with zero attached hydrogens (tertiary/aromatic N) is 1. The number of rotatable bonds is 3. The van der Waals surface area contributed by atoms with Crippen LogP contribution in [0.5, 0.6) is 0 Å². The van der Waals surface area contributed by atoms with E-state index in [0.29, 0.717) is 24.0 Å². The highest BCUT2D eigenvalue weighted by Gasteiger charge is 2.24. The molecule has 1 fully saturated rings. The van der Waals surface area contributed by atoms with Gasteiger partial charge in [-0.1, -0.05) is 0 Å². The van der Waals surface area contributed by atoms with E-state index in [1.54, 1.807) is 0 Å². The van der Waals surface area contributed by atoms with Crippen molar-refractivity contribution in [2.75, 3.05) is 12.4 Å². The second kappa shape index (κ2) is 5.11. The Labute approximate surface area is 99.0 Å². The number of alkyl halides is 1. The van der Waals surface area contributed by atoms with Gasteiger partial charge >= 0.3 is 0 Å². The van der Waals surface area contributed by atoms with E-state index < -0.39 is 5.82 Å². The number of hydrogen-bond acceptors (Lipinski definition) is 1. The molecule has 0 radical (unpaired) electrons. The lowest BCUT2D eigenvalue weighted by atomic mass is 10.2. The molecule has 1 aromatic carbocycles.